The summed E-state index contributed by atoms with van der Waals surface area (Å²) in [5, 5.41) is 9.21. The minimum absolute atomic E-state index is 0.139. The van der Waals surface area contributed by atoms with Gasteiger partial charge in [-0.15, -0.1) is 0 Å². The molecule has 7 heteroatoms. The lowest BCUT2D eigenvalue weighted by Gasteiger charge is -2.24. The zero-order chi connectivity index (χ0) is 22.7. The maximum atomic E-state index is 11.8. The molecule has 0 saturated carbocycles. The highest BCUT2D eigenvalue weighted by atomic mass is 31.2. The van der Waals surface area contributed by atoms with Crippen LogP contribution in [0.3, 0.4) is 0 Å². The number of quaternary nitrogens is 1. The smallest absolute Gasteiger partial charge is 0.393 e. The van der Waals surface area contributed by atoms with E-state index in [4.69, 9.17) is 9.05 Å². The van der Waals surface area contributed by atoms with Crippen LogP contribution in [-0.4, -0.2) is 61.5 Å². The van der Waals surface area contributed by atoms with Gasteiger partial charge in [0.1, 0.15) is 13.2 Å². The Morgan fingerprint density at radius 3 is 1.47 bits per heavy atom. The van der Waals surface area contributed by atoms with Crippen molar-refractivity contribution in [2.75, 3.05) is 40.9 Å². The molecule has 0 fully saturated rings. The molecule has 2 unspecified atom stereocenters. The highest BCUT2D eigenvalue weighted by Gasteiger charge is 2.21. The Bertz CT molecular complexity index is 426. The molecule has 0 aliphatic heterocycles. The summed E-state index contributed by atoms with van der Waals surface area (Å²) < 4.78 is 22.5. The van der Waals surface area contributed by atoms with Gasteiger partial charge in [0.05, 0.1) is 33.9 Å². The monoisotopic (exact) mass is 452 g/mol. The normalized spacial score (nSPS) is 15.3. The Balaban J connectivity index is 3.28. The molecule has 0 saturated heterocycles. The van der Waals surface area contributed by atoms with E-state index in [1.165, 1.54) is 64.2 Å². The van der Waals surface area contributed by atoms with Gasteiger partial charge in [-0.2, -0.15) is 0 Å². The third-order valence-electron chi connectivity index (χ3n) is 5.29. The molecule has 0 spiro atoms. The van der Waals surface area contributed by atoms with Crippen molar-refractivity contribution in [2.45, 2.75) is 109 Å². The molecule has 0 aliphatic rings. The second-order valence-corrected chi connectivity index (χ2v) is 11.2. The molecule has 0 aromatic rings. The molecular weight excluding hydrogens is 401 g/mol. The van der Waals surface area contributed by atoms with Gasteiger partial charge in [-0.3, -0.25) is 9.05 Å². The van der Waals surface area contributed by atoms with Crippen LogP contribution in [0.15, 0.2) is 0 Å². The number of rotatable bonds is 22. The Hall–Kier alpha value is 0.0300. The highest BCUT2D eigenvalue weighted by molar-refractivity contribution is 7.47. The van der Waals surface area contributed by atoms with Gasteiger partial charge in [0.2, 0.25) is 0 Å². The molecule has 0 aliphatic carbocycles. The molecule has 0 heterocycles. The lowest BCUT2D eigenvalue weighted by Crippen LogP contribution is -2.37. The molecule has 0 rings (SSSR count). The third kappa shape index (κ3) is 24.3. The summed E-state index contributed by atoms with van der Waals surface area (Å²) >= 11 is 0. The van der Waals surface area contributed by atoms with Crippen LogP contribution in [-0.2, 0) is 13.6 Å². The first-order valence-electron chi connectivity index (χ1n) is 12.2. The van der Waals surface area contributed by atoms with E-state index in [0.29, 0.717) is 11.0 Å². The molecule has 0 amide bonds. The van der Waals surface area contributed by atoms with Crippen LogP contribution in [0.1, 0.15) is 103 Å². The van der Waals surface area contributed by atoms with Gasteiger partial charge >= 0.3 is 7.82 Å². The SMILES string of the molecule is CC(O)CCCCCCCCCCCCCCCCOP(=O)(O)OCC[N+](C)(C)C. The van der Waals surface area contributed by atoms with Crippen LogP contribution < -0.4 is 0 Å². The first-order chi connectivity index (χ1) is 14.1. The fraction of sp³-hybridized carbons (Fsp3) is 1.00. The lowest BCUT2D eigenvalue weighted by molar-refractivity contribution is -0.870. The summed E-state index contributed by atoms with van der Waals surface area (Å²) in [5.41, 5.74) is 0. The summed E-state index contributed by atoms with van der Waals surface area (Å²) in [6.07, 6.45) is 18.1. The van der Waals surface area contributed by atoms with E-state index in [1.807, 2.05) is 28.1 Å². The molecule has 0 aromatic carbocycles. The van der Waals surface area contributed by atoms with Crippen LogP contribution >= 0.6 is 7.82 Å². The number of phosphoric ester groups is 1. The fourth-order valence-electron chi connectivity index (χ4n) is 3.31. The Kier molecular flexibility index (Phi) is 18.6. The number of aliphatic hydroxyl groups excluding tert-OH is 1. The van der Waals surface area contributed by atoms with Gasteiger partial charge in [-0.1, -0.05) is 83.5 Å². The van der Waals surface area contributed by atoms with E-state index in [1.54, 1.807) is 0 Å². The van der Waals surface area contributed by atoms with Gasteiger partial charge in [0.25, 0.3) is 0 Å². The van der Waals surface area contributed by atoms with Crippen LogP contribution in [0, 0.1) is 0 Å². The third-order valence-corrected chi connectivity index (χ3v) is 6.30. The maximum Gasteiger partial charge on any atom is 0.472 e. The van der Waals surface area contributed by atoms with Gasteiger partial charge < -0.3 is 14.5 Å². The number of hydrogen-bond donors (Lipinski definition) is 2. The molecule has 2 N–H and O–H groups in total. The van der Waals surface area contributed by atoms with Crippen LogP contribution in [0.25, 0.3) is 0 Å². The van der Waals surface area contributed by atoms with Crippen molar-refractivity contribution >= 4 is 7.82 Å². The molecular formula is C23H51NO5P+. The van der Waals surface area contributed by atoms with E-state index in [-0.39, 0.29) is 19.3 Å². The average molecular weight is 453 g/mol. The quantitative estimate of drug-likeness (QED) is 0.119. The van der Waals surface area contributed by atoms with Crippen LogP contribution in [0.4, 0.5) is 0 Å². The van der Waals surface area contributed by atoms with Crippen molar-refractivity contribution in [1.29, 1.82) is 0 Å². The zero-order valence-corrected chi connectivity index (χ0v) is 21.2. The maximum absolute atomic E-state index is 11.8. The lowest BCUT2D eigenvalue weighted by atomic mass is 10.0. The molecule has 0 bridgehead atoms. The average Bonchev–Trinajstić information content (AvgIpc) is 2.62. The van der Waals surface area contributed by atoms with E-state index in [2.05, 4.69) is 0 Å². The first-order valence-corrected chi connectivity index (χ1v) is 13.7. The second kappa shape index (κ2) is 18.6. The van der Waals surface area contributed by atoms with Crippen molar-refractivity contribution in [3.8, 4) is 0 Å². The molecule has 2 atom stereocenters. The summed E-state index contributed by atoms with van der Waals surface area (Å²) in [6.45, 7) is 3.05. The van der Waals surface area contributed by atoms with Gasteiger partial charge in [-0.25, -0.2) is 4.57 Å². The number of hydrogen-bond acceptors (Lipinski definition) is 4. The van der Waals surface area contributed by atoms with Crippen molar-refractivity contribution in [3.63, 3.8) is 0 Å². The summed E-state index contributed by atoms with van der Waals surface area (Å²) in [6, 6.07) is 0. The van der Waals surface area contributed by atoms with Crippen molar-refractivity contribution in [3.05, 3.63) is 0 Å². The molecule has 6 nitrogen and oxygen atoms in total. The van der Waals surface area contributed by atoms with Crippen molar-refractivity contribution in [1.82, 2.24) is 0 Å². The Morgan fingerprint density at radius 1 is 0.700 bits per heavy atom. The van der Waals surface area contributed by atoms with Crippen LogP contribution in [0.2, 0.25) is 0 Å². The van der Waals surface area contributed by atoms with E-state index < -0.39 is 7.82 Å². The number of nitrogens with zero attached hydrogens (tertiary/aromatic N) is 1. The summed E-state index contributed by atoms with van der Waals surface area (Å²) in [5.74, 6) is 0. The van der Waals surface area contributed by atoms with E-state index >= 15 is 0 Å². The molecule has 0 radical (unpaired) electrons. The zero-order valence-electron chi connectivity index (χ0n) is 20.3. The highest BCUT2D eigenvalue weighted by Crippen LogP contribution is 2.43. The van der Waals surface area contributed by atoms with Crippen molar-refractivity contribution < 1.29 is 28.1 Å². The van der Waals surface area contributed by atoms with Crippen molar-refractivity contribution in [2.24, 2.45) is 0 Å². The largest absolute Gasteiger partial charge is 0.472 e. The van der Waals surface area contributed by atoms with Crippen LogP contribution in [0.5, 0.6) is 0 Å². The number of unbranched alkanes of at least 4 members (excludes halogenated alkanes) is 13. The Morgan fingerprint density at radius 2 is 1.07 bits per heavy atom. The fourth-order valence-corrected chi connectivity index (χ4v) is 4.06. The Labute approximate surface area is 186 Å². The first kappa shape index (κ1) is 30.0. The number of likely N-dealkylation sites (N-methyl/N-ethyl adjacent to an activating group) is 1. The topological polar surface area (TPSA) is 76.0 Å². The molecule has 30 heavy (non-hydrogen) atoms. The number of phosphoric acid groups is 1. The minimum atomic E-state index is -3.89. The van der Waals surface area contributed by atoms with Gasteiger partial charge in [0, 0.05) is 0 Å². The van der Waals surface area contributed by atoms with E-state index in [0.717, 1.165) is 32.1 Å². The molecule has 182 valence electrons. The minimum Gasteiger partial charge on any atom is -0.393 e. The summed E-state index contributed by atoms with van der Waals surface area (Å²) in [7, 11) is 2.14. The predicted octanol–water partition coefficient (Wildman–Crippen LogP) is 6.06. The predicted molar refractivity (Wildman–Crippen MR) is 126 cm³/mol. The number of aliphatic hydroxyl groups is 1. The standard InChI is InChI=1S/C23H50NO5P/c1-23(25)19-17-15-13-11-9-7-5-6-8-10-12-14-16-18-21-28-30(26,27)29-22-20-24(2,3)4/h23,25H,5-22H2,1-4H3/p+1. The van der Waals surface area contributed by atoms with E-state index in [9.17, 15) is 14.6 Å². The molecule has 0 aromatic heterocycles. The summed E-state index contributed by atoms with van der Waals surface area (Å²) in [4.78, 5) is 9.64. The van der Waals surface area contributed by atoms with Gasteiger partial charge in [0.15, 0.2) is 0 Å². The second-order valence-electron chi connectivity index (χ2n) is 9.74. The van der Waals surface area contributed by atoms with Gasteiger partial charge in [-0.05, 0) is 19.8 Å².